The molecule has 3 aromatic rings. The smallest absolute Gasteiger partial charge is 0.289 e. The number of carbonyl (C=O) groups is 1. The summed E-state index contributed by atoms with van der Waals surface area (Å²) in [5, 5.41) is 0.530. The first-order valence-corrected chi connectivity index (χ1v) is 9.51. The van der Waals surface area contributed by atoms with E-state index in [1.165, 1.54) is 30.3 Å². The van der Waals surface area contributed by atoms with Crippen LogP contribution in [0.1, 0.15) is 10.5 Å². The van der Waals surface area contributed by atoms with Crippen LogP contribution in [0.15, 0.2) is 46.1 Å². The molecular formula is C15H8Cl3N3O4S. The van der Waals surface area contributed by atoms with Crippen LogP contribution in [0.3, 0.4) is 0 Å². The second-order valence-electron chi connectivity index (χ2n) is 5.09. The van der Waals surface area contributed by atoms with Crippen molar-refractivity contribution < 1.29 is 13.2 Å². The van der Waals surface area contributed by atoms with Crippen LogP contribution in [0.5, 0.6) is 0 Å². The van der Waals surface area contributed by atoms with Crippen LogP contribution in [0.4, 0.5) is 0 Å². The molecule has 3 rings (SSSR count). The third-order valence-electron chi connectivity index (χ3n) is 3.28. The first-order valence-electron chi connectivity index (χ1n) is 6.89. The number of nitrogens with zero attached hydrogens (tertiary/aromatic N) is 1. The van der Waals surface area contributed by atoms with Crippen molar-refractivity contribution in [3.8, 4) is 0 Å². The fourth-order valence-electron chi connectivity index (χ4n) is 2.10. The van der Waals surface area contributed by atoms with Crippen LogP contribution in [-0.2, 0) is 10.0 Å². The third kappa shape index (κ3) is 3.68. The molecule has 0 aliphatic heterocycles. The van der Waals surface area contributed by atoms with Crippen molar-refractivity contribution in [2.75, 3.05) is 0 Å². The molecule has 26 heavy (non-hydrogen) atoms. The van der Waals surface area contributed by atoms with E-state index in [0.717, 1.165) is 6.07 Å². The van der Waals surface area contributed by atoms with E-state index in [4.69, 9.17) is 34.8 Å². The van der Waals surface area contributed by atoms with Gasteiger partial charge >= 0.3 is 0 Å². The summed E-state index contributed by atoms with van der Waals surface area (Å²) < 4.78 is 26.3. The summed E-state index contributed by atoms with van der Waals surface area (Å²) >= 11 is 17.5. The van der Waals surface area contributed by atoms with Crippen molar-refractivity contribution in [1.29, 1.82) is 0 Å². The highest BCUT2D eigenvalue weighted by atomic mass is 35.5. The average Bonchev–Trinajstić information content (AvgIpc) is 2.55. The number of nitrogens with one attached hydrogen (secondary N) is 2. The number of H-pyrrole nitrogens is 1. The summed E-state index contributed by atoms with van der Waals surface area (Å²) in [6.07, 6.45) is 0. The Labute approximate surface area is 162 Å². The molecule has 0 unspecified atom stereocenters. The maximum absolute atomic E-state index is 12.3. The first kappa shape index (κ1) is 18.7. The molecule has 1 aromatic heterocycles. The highest BCUT2D eigenvalue weighted by molar-refractivity contribution is 7.90. The van der Waals surface area contributed by atoms with Gasteiger partial charge in [-0.2, -0.15) is 0 Å². The zero-order valence-corrected chi connectivity index (χ0v) is 15.7. The molecule has 0 spiro atoms. The first-order chi connectivity index (χ1) is 12.2. The van der Waals surface area contributed by atoms with Crippen molar-refractivity contribution in [2.24, 2.45) is 0 Å². The highest BCUT2D eigenvalue weighted by Crippen LogP contribution is 2.25. The Morgan fingerprint density at radius 1 is 1.08 bits per heavy atom. The minimum Gasteiger partial charge on any atom is -0.319 e. The number of carbonyl (C=O) groups excluding carboxylic acids is 1. The monoisotopic (exact) mass is 431 g/mol. The Kier molecular flexibility index (Phi) is 4.94. The number of aromatic nitrogens is 2. The van der Waals surface area contributed by atoms with E-state index in [2.05, 4.69) is 9.97 Å². The van der Waals surface area contributed by atoms with Crippen LogP contribution in [-0.4, -0.2) is 24.3 Å². The summed E-state index contributed by atoms with van der Waals surface area (Å²) in [6.45, 7) is 0. The number of halogens is 3. The summed E-state index contributed by atoms with van der Waals surface area (Å²) in [5.41, 5.74) is -1.10. The number of hydrogen-bond donors (Lipinski definition) is 2. The molecule has 2 aromatic carbocycles. The van der Waals surface area contributed by atoms with Crippen molar-refractivity contribution in [3.63, 3.8) is 0 Å². The molecule has 0 saturated carbocycles. The Bertz CT molecular complexity index is 1210. The summed E-state index contributed by atoms with van der Waals surface area (Å²) in [7, 11) is -4.24. The summed E-state index contributed by atoms with van der Waals surface area (Å²) in [6, 6.07) is 8.02. The Morgan fingerprint density at radius 3 is 2.46 bits per heavy atom. The number of fused-ring (bicyclic) bond motifs is 1. The number of hydrogen-bond acceptors (Lipinski definition) is 5. The van der Waals surface area contributed by atoms with E-state index < -0.39 is 27.2 Å². The Hall–Kier alpha value is -2.13. The normalized spacial score (nSPS) is 11.5. The van der Waals surface area contributed by atoms with E-state index in [0.29, 0.717) is 0 Å². The number of sulfonamides is 1. The van der Waals surface area contributed by atoms with Crippen LogP contribution in [0, 0.1) is 0 Å². The molecule has 0 saturated heterocycles. The van der Waals surface area contributed by atoms with E-state index in [9.17, 15) is 18.0 Å². The molecule has 11 heteroatoms. The number of rotatable bonds is 3. The third-order valence-corrected chi connectivity index (χ3v) is 5.57. The van der Waals surface area contributed by atoms with Gasteiger partial charge in [-0.3, -0.25) is 9.59 Å². The van der Waals surface area contributed by atoms with Gasteiger partial charge in [0.25, 0.3) is 21.5 Å². The minimum absolute atomic E-state index is 0.164. The average molecular weight is 433 g/mol. The van der Waals surface area contributed by atoms with Gasteiger partial charge in [0, 0.05) is 5.02 Å². The number of amides is 1. The molecule has 1 heterocycles. The highest BCUT2D eigenvalue weighted by Gasteiger charge is 2.22. The molecule has 134 valence electrons. The van der Waals surface area contributed by atoms with E-state index in [-0.39, 0.29) is 31.0 Å². The quantitative estimate of drug-likeness (QED) is 0.661. The molecule has 0 aliphatic carbocycles. The largest absolute Gasteiger partial charge is 0.319 e. The molecule has 0 aliphatic rings. The topological polar surface area (TPSA) is 109 Å². The predicted octanol–water partition coefficient (Wildman–Crippen LogP) is 3.00. The lowest BCUT2D eigenvalue weighted by Crippen LogP contribution is -2.35. The maximum Gasteiger partial charge on any atom is 0.289 e. The van der Waals surface area contributed by atoms with Gasteiger partial charge in [0.2, 0.25) is 0 Å². The maximum atomic E-state index is 12.3. The van der Waals surface area contributed by atoms with Gasteiger partial charge in [-0.15, -0.1) is 0 Å². The van der Waals surface area contributed by atoms with Crippen molar-refractivity contribution >= 4 is 61.8 Å². The van der Waals surface area contributed by atoms with Gasteiger partial charge in [0.15, 0.2) is 5.69 Å². The lowest BCUT2D eigenvalue weighted by molar-refractivity contribution is 0.0975. The number of benzene rings is 2. The fourth-order valence-corrected chi connectivity index (χ4v) is 3.67. The second-order valence-corrected chi connectivity index (χ2v) is 8.02. The van der Waals surface area contributed by atoms with Gasteiger partial charge in [-0.05, 0) is 30.3 Å². The Balaban J connectivity index is 2.01. The zero-order chi connectivity index (χ0) is 19.1. The molecule has 2 N–H and O–H groups in total. The van der Waals surface area contributed by atoms with Crippen LogP contribution < -0.4 is 10.3 Å². The molecule has 0 bridgehead atoms. The lowest BCUT2D eigenvalue weighted by Gasteiger charge is -2.07. The van der Waals surface area contributed by atoms with Gasteiger partial charge in [0.05, 0.1) is 26.0 Å². The van der Waals surface area contributed by atoms with Crippen LogP contribution >= 0.6 is 34.8 Å². The minimum atomic E-state index is -4.24. The SMILES string of the molecule is O=C(NS(=O)(=O)c1cccc(Cl)c1)c1nc2cc(Cl)c(Cl)cc2[nH]c1=O. The van der Waals surface area contributed by atoms with E-state index >= 15 is 0 Å². The van der Waals surface area contributed by atoms with Crippen LogP contribution in [0.25, 0.3) is 11.0 Å². The number of aromatic amines is 1. The van der Waals surface area contributed by atoms with E-state index in [1.54, 1.807) is 4.72 Å². The fraction of sp³-hybridized carbons (Fsp3) is 0. The van der Waals surface area contributed by atoms with Crippen molar-refractivity contribution in [1.82, 2.24) is 14.7 Å². The van der Waals surface area contributed by atoms with Gasteiger partial charge in [-0.25, -0.2) is 18.1 Å². The molecule has 0 atom stereocenters. The van der Waals surface area contributed by atoms with Crippen LogP contribution in [0.2, 0.25) is 15.1 Å². The molecule has 1 amide bonds. The molecular weight excluding hydrogens is 425 g/mol. The standard InChI is InChI=1S/C15H8Cl3N3O4S/c16-7-2-1-3-8(4-7)26(24,25)21-15(23)13-14(22)20-12-6-10(18)9(17)5-11(12)19-13/h1-6H,(H,20,22)(H,21,23). The second kappa shape index (κ2) is 6.88. The zero-order valence-electron chi connectivity index (χ0n) is 12.6. The molecule has 7 nitrogen and oxygen atoms in total. The predicted molar refractivity (Wildman–Crippen MR) is 98.5 cm³/mol. The summed E-state index contributed by atoms with van der Waals surface area (Å²) in [5.74, 6) is -1.20. The van der Waals surface area contributed by atoms with Gasteiger partial charge in [-0.1, -0.05) is 40.9 Å². The molecule has 0 radical (unpaired) electrons. The van der Waals surface area contributed by atoms with E-state index in [1.807, 2.05) is 0 Å². The van der Waals surface area contributed by atoms with Crippen molar-refractivity contribution in [2.45, 2.75) is 4.90 Å². The van der Waals surface area contributed by atoms with Crippen molar-refractivity contribution in [3.05, 3.63) is 67.5 Å². The summed E-state index contributed by atoms with van der Waals surface area (Å²) in [4.78, 5) is 30.4. The Morgan fingerprint density at radius 2 is 1.77 bits per heavy atom. The van der Waals surface area contributed by atoms with Gasteiger partial charge in [0.1, 0.15) is 0 Å². The molecule has 0 fully saturated rings. The van der Waals surface area contributed by atoms with Gasteiger partial charge < -0.3 is 4.98 Å². The lowest BCUT2D eigenvalue weighted by atomic mass is 10.3.